The monoisotopic (exact) mass is 368 g/mol. The predicted octanol–water partition coefficient (Wildman–Crippen LogP) is -2.89. The average Bonchev–Trinajstić information content (AvgIpc) is 2.52. The molecule has 0 aliphatic carbocycles. The number of hydrogen-bond acceptors (Lipinski definition) is 8. The van der Waals surface area contributed by atoms with Crippen molar-refractivity contribution in [2.45, 2.75) is 44.8 Å². The first-order valence-corrected chi connectivity index (χ1v) is 7.15. The number of carboxylic acid groups (broad SMARTS) is 3. The largest absolute Gasteiger partial charge is 0.480 e. The van der Waals surface area contributed by atoms with E-state index in [1.807, 2.05) is 13.8 Å². The first-order valence-electron chi connectivity index (χ1n) is 7.15. The lowest BCUT2D eigenvalue weighted by atomic mass is 10.0. The van der Waals surface area contributed by atoms with Crippen LogP contribution in [-0.4, -0.2) is 69.0 Å². The van der Waals surface area contributed by atoms with Gasteiger partial charge in [0, 0.05) is 0 Å². The van der Waals surface area contributed by atoms with Gasteiger partial charge in [0.05, 0.1) is 13.0 Å². The topological polar surface area (TPSA) is 253 Å². The van der Waals surface area contributed by atoms with Gasteiger partial charge in [-0.15, -0.1) is 0 Å². The Morgan fingerprint density at radius 1 is 0.880 bits per heavy atom. The van der Waals surface area contributed by atoms with Crippen LogP contribution in [0.2, 0.25) is 0 Å². The van der Waals surface area contributed by atoms with E-state index in [0.29, 0.717) is 0 Å². The number of rotatable bonds is 8. The molecule has 0 aromatic carbocycles. The zero-order valence-corrected chi connectivity index (χ0v) is 14.2. The second kappa shape index (κ2) is 15.3. The zero-order valence-electron chi connectivity index (χ0n) is 14.2. The summed E-state index contributed by atoms with van der Waals surface area (Å²) in [6.45, 7) is 3.25. The van der Waals surface area contributed by atoms with Gasteiger partial charge in [-0.25, -0.2) is 0 Å². The molecule has 0 aromatic heterocycles. The molecule has 0 aromatic rings. The Hall–Kier alpha value is -2.28. The number of hydrogen-bond donors (Lipinski definition) is 8. The Bertz CT molecular complexity index is 432. The fourth-order valence-electron chi connectivity index (χ4n) is 0.879. The van der Waals surface area contributed by atoms with Crippen molar-refractivity contribution in [3.05, 3.63) is 0 Å². The standard InChI is InChI=1S/C6H13NO2.C4H8N2O3.C3H7NO3/c1-3-4(2)5(7)6(8)9;5-2(4(8)9)1-3(6)7;4-2(1-5)3(6)7/h4-5H,3,7H2,1-2H3,(H,8,9);2H,1,5H2,(H2,6,7)(H,8,9);2,5H,1,4H2,(H,6,7)/t4-,5-;2*2-/m000/s1. The summed E-state index contributed by atoms with van der Waals surface area (Å²) in [4.78, 5) is 39.7. The van der Waals surface area contributed by atoms with E-state index in [-0.39, 0.29) is 12.3 Å². The van der Waals surface area contributed by atoms with Gasteiger partial charge in [0.25, 0.3) is 0 Å². The van der Waals surface area contributed by atoms with Crippen LogP contribution in [0, 0.1) is 5.92 Å². The Balaban J connectivity index is -0.000000293. The molecule has 0 spiro atoms. The molecule has 0 fully saturated rings. The van der Waals surface area contributed by atoms with Crippen molar-refractivity contribution in [3.63, 3.8) is 0 Å². The second-order valence-corrected chi connectivity index (χ2v) is 4.99. The molecule has 12 heteroatoms. The highest BCUT2D eigenvalue weighted by atomic mass is 16.4. The number of aliphatic carboxylic acids is 3. The molecule has 1 amide bonds. The SMILES string of the molecule is CC[C@H](C)[C@H](N)C(=O)O.NC(=O)C[C@H](N)C(=O)O.N[C@@H](CO)C(=O)O. The van der Waals surface area contributed by atoms with Gasteiger partial charge in [0.1, 0.15) is 18.1 Å². The molecular formula is C13H28N4O8. The van der Waals surface area contributed by atoms with E-state index in [1.54, 1.807) is 0 Å². The summed E-state index contributed by atoms with van der Waals surface area (Å²) in [5.41, 5.74) is 19.6. The maximum absolute atomic E-state index is 10.2. The summed E-state index contributed by atoms with van der Waals surface area (Å²) < 4.78 is 0. The highest BCUT2D eigenvalue weighted by Gasteiger charge is 2.17. The molecule has 0 bridgehead atoms. The summed E-state index contributed by atoms with van der Waals surface area (Å²) in [6.07, 6.45) is 0.503. The van der Waals surface area contributed by atoms with E-state index in [1.165, 1.54) is 0 Å². The van der Waals surface area contributed by atoms with Crippen molar-refractivity contribution >= 4 is 23.8 Å². The minimum absolute atomic E-state index is 0.0718. The summed E-state index contributed by atoms with van der Waals surface area (Å²) >= 11 is 0. The summed E-state index contributed by atoms with van der Waals surface area (Å²) in [5.74, 6) is -3.94. The van der Waals surface area contributed by atoms with Crippen molar-refractivity contribution in [1.29, 1.82) is 0 Å². The van der Waals surface area contributed by atoms with E-state index < -0.39 is 48.5 Å². The van der Waals surface area contributed by atoms with Crippen LogP contribution in [0.25, 0.3) is 0 Å². The minimum Gasteiger partial charge on any atom is -0.480 e. The van der Waals surface area contributed by atoms with Crippen LogP contribution in [0.5, 0.6) is 0 Å². The third-order valence-electron chi connectivity index (χ3n) is 2.79. The highest BCUT2D eigenvalue weighted by molar-refractivity contribution is 5.83. The Morgan fingerprint density at radius 3 is 1.36 bits per heavy atom. The molecule has 0 rings (SSSR count). The first-order chi connectivity index (χ1) is 11.3. The molecule has 0 radical (unpaired) electrons. The van der Waals surface area contributed by atoms with Crippen molar-refractivity contribution in [1.82, 2.24) is 0 Å². The molecule has 12 N–H and O–H groups in total. The lowest BCUT2D eigenvalue weighted by molar-refractivity contribution is -0.140. The maximum atomic E-state index is 10.2. The summed E-state index contributed by atoms with van der Waals surface area (Å²) in [5, 5.41) is 32.4. The third kappa shape index (κ3) is 17.9. The number of carbonyl (C=O) groups excluding carboxylic acids is 1. The van der Waals surface area contributed by atoms with Crippen LogP contribution in [0.3, 0.4) is 0 Å². The molecule has 4 atom stereocenters. The lowest BCUT2D eigenvalue weighted by Gasteiger charge is -2.11. The average molecular weight is 368 g/mol. The Labute approximate surface area is 144 Å². The van der Waals surface area contributed by atoms with Gasteiger partial charge in [-0.3, -0.25) is 19.2 Å². The zero-order chi connectivity index (χ0) is 20.7. The van der Waals surface area contributed by atoms with Crippen LogP contribution < -0.4 is 22.9 Å². The molecule has 148 valence electrons. The summed E-state index contributed by atoms with van der Waals surface area (Å²) in [6, 6.07) is -2.99. The molecule has 12 nitrogen and oxygen atoms in total. The minimum atomic E-state index is -1.21. The van der Waals surface area contributed by atoms with E-state index in [4.69, 9.17) is 37.6 Å². The number of carbonyl (C=O) groups is 4. The molecule has 0 aliphatic heterocycles. The van der Waals surface area contributed by atoms with Gasteiger partial charge in [0.2, 0.25) is 5.91 Å². The van der Waals surface area contributed by atoms with Gasteiger partial charge in [0.15, 0.2) is 0 Å². The molecule has 25 heavy (non-hydrogen) atoms. The normalized spacial score (nSPS) is 14.3. The predicted molar refractivity (Wildman–Crippen MR) is 87.2 cm³/mol. The third-order valence-corrected chi connectivity index (χ3v) is 2.79. The Morgan fingerprint density at radius 2 is 1.28 bits per heavy atom. The van der Waals surface area contributed by atoms with Crippen molar-refractivity contribution in [2.24, 2.45) is 28.9 Å². The van der Waals surface area contributed by atoms with Gasteiger partial charge < -0.3 is 43.4 Å². The molecular weight excluding hydrogens is 340 g/mol. The van der Waals surface area contributed by atoms with Gasteiger partial charge >= 0.3 is 17.9 Å². The van der Waals surface area contributed by atoms with E-state index >= 15 is 0 Å². The molecule has 0 aliphatic rings. The summed E-state index contributed by atoms with van der Waals surface area (Å²) in [7, 11) is 0. The van der Waals surface area contributed by atoms with Crippen molar-refractivity contribution in [3.8, 4) is 0 Å². The van der Waals surface area contributed by atoms with E-state index in [0.717, 1.165) is 6.42 Å². The smallest absolute Gasteiger partial charge is 0.322 e. The lowest BCUT2D eigenvalue weighted by Crippen LogP contribution is -2.36. The van der Waals surface area contributed by atoms with Crippen LogP contribution >= 0.6 is 0 Å². The number of aliphatic hydroxyl groups excluding tert-OH is 1. The molecule has 0 heterocycles. The number of aliphatic hydroxyl groups is 1. The second-order valence-electron chi connectivity index (χ2n) is 4.99. The molecule has 0 saturated heterocycles. The van der Waals surface area contributed by atoms with Crippen LogP contribution in [-0.2, 0) is 19.2 Å². The van der Waals surface area contributed by atoms with Crippen LogP contribution in [0.15, 0.2) is 0 Å². The quantitative estimate of drug-likeness (QED) is 0.215. The van der Waals surface area contributed by atoms with Crippen molar-refractivity contribution in [2.75, 3.05) is 6.61 Å². The van der Waals surface area contributed by atoms with Gasteiger partial charge in [-0.2, -0.15) is 0 Å². The number of primary amides is 1. The first kappa shape index (κ1) is 27.6. The van der Waals surface area contributed by atoms with Crippen molar-refractivity contribution < 1.29 is 39.6 Å². The maximum Gasteiger partial charge on any atom is 0.322 e. The highest BCUT2D eigenvalue weighted by Crippen LogP contribution is 2.04. The number of amides is 1. The van der Waals surface area contributed by atoms with Crippen LogP contribution in [0.1, 0.15) is 26.7 Å². The Kier molecular flexibility index (Phi) is 16.8. The fraction of sp³-hybridized carbons (Fsp3) is 0.692. The van der Waals surface area contributed by atoms with E-state index in [2.05, 4.69) is 5.73 Å². The van der Waals surface area contributed by atoms with E-state index in [9.17, 15) is 19.2 Å². The number of nitrogens with two attached hydrogens (primary N) is 4. The fourth-order valence-corrected chi connectivity index (χ4v) is 0.879. The van der Waals surface area contributed by atoms with Gasteiger partial charge in [-0.05, 0) is 5.92 Å². The molecule has 0 unspecified atom stereocenters. The van der Waals surface area contributed by atoms with Crippen LogP contribution in [0.4, 0.5) is 0 Å². The van der Waals surface area contributed by atoms with Gasteiger partial charge in [-0.1, -0.05) is 20.3 Å². The number of carboxylic acids is 3. The molecule has 0 saturated carbocycles.